The molecule has 0 spiro atoms. The van der Waals surface area contributed by atoms with Gasteiger partial charge in [0.25, 0.3) is 0 Å². The first kappa shape index (κ1) is 13.2. The maximum absolute atomic E-state index is 5.56. The van der Waals surface area contributed by atoms with Crippen molar-refractivity contribution >= 4 is 23.2 Å². The van der Waals surface area contributed by atoms with E-state index in [1.165, 1.54) is 0 Å². The monoisotopic (exact) mass is 265 g/mol. The van der Waals surface area contributed by atoms with Crippen molar-refractivity contribution in [1.82, 2.24) is 14.9 Å². The van der Waals surface area contributed by atoms with E-state index in [2.05, 4.69) is 34.2 Å². The summed E-state index contributed by atoms with van der Waals surface area (Å²) in [5, 5.41) is 3.36. The van der Waals surface area contributed by atoms with E-state index < -0.39 is 0 Å². The molecule has 1 aromatic heterocycles. The maximum Gasteiger partial charge on any atom is 0.223 e. The van der Waals surface area contributed by atoms with Gasteiger partial charge in [-0.1, -0.05) is 12.2 Å². The highest BCUT2D eigenvalue weighted by molar-refractivity contribution is 7.80. The van der Waals surface area contributed by atoms with Gasteiger partial charge < -0.3 is 16.0 Å². The molecule has 98 valence electrons. The van der Waals surface area contributed by atoms with E-state index in [9.17, 15) is 0 Å². The molecule has 2 atom stereocenters. The highest BCUT2D eigenvalue weighted by atomic mass is 32.1. The van der Waals surface area contributed by atoms with E-state index in [-0.39, 0.29) is 0 Å². The summed E-state index contributed by atoms with van der Waals surface area (Å²) < 4.78 is 0. The predicted octanol–water partition coefficient (Wildman–Crippen LogP) is 1.01. The van der Waals surface area contributed by atoms with Crippen LogP contribution in [-0.2, 0) is 0 Å². The van der Waals surface area contributed by atoms with Crippen molar-refractivity contribution in [3.63, 3.8) is 0 Å². The Morgan fingerprint density at radius 1 is 1.61 bits per heavy atom. The highest BCUT2D eigenvalue weighted by Gasteiger charge is 2.23. The van der Waals surface area contributed by atoms with Gasteiger partial charge in [0.2, 0.25) is 5.95 Å². The lowest BCUT2D eigenvalue weighted by molar-refractivity contribution is 0.190. The lowest BCUT2D eigenvalue weighted by Crippen LogP contribution is -2.42. The minimum Gasteiger partial charge on any atom is -0.388 e. The van der Waals surface area contributed by atoms with Gasteiger partial charge in [0.15, 0.2) is 0 Å². The van der Waals surface area contributed by atoms with Crippen LogP contribution in [0.5, 0.6) is 0 Å². The summed E-state index contributed by atoms with van der Waals surface area (Å²) in [6.45, 7) is 3.33. The standard InChI is InChI=1S/C12H19N5S/c1-8-7-9(4-6-17(8)2)15-12-14-5-3-10(16-12)11(13)18/h3,5,8-9H,4,6-7H2,1-2H3,(H2,13,18)(H,14,15,16). The molecule has 0 amide bonds. The average molecular weight is 265 g/mol. The molecule has 3 N–H and O–H groups in total. The molecule has 6 heteroatoms. The van der Waals surface area contributed by atoms with Crippen molar-refractivity contribution in [2.75, 3.05) is 18.9 Å². The van der Waals surface area contributed by atoms with E-state index in [1.807, 2.05) is 0 Å². The molecule has 1 aliphatic heterocycles. The number of hydrogen-bond acceptors (Lipinski definition) is 5. The molecule has 2 unspecified atom stereocenters. The first-order valence-electron chi connectivity index (χ1n) is 6.16. The highest BCUT2D eigenvalue weighted by Crippen LogP contribution is 2.18. The van der Waals surface area contributed by atoms with Crippen LogP contribution in [-0.4, -0.2) is 45.5 Å². The Morgan fingerprint density at radius 3 is 3.06 bits per heavy atom. The molecule has 1 fully saturated rings. The molecule has 1 aromatic rings. The summed E-state index contributed by atoms with van der Waals surface area (Å²) in [6, 6.07) is 2.72. The number of hydrogen-bond donors (Lipinski definition) is 2. The van der Waals surface area contributed by atoms with Crippen LogP contribution in [0.15, 0.2) is 12.3 Å². The number of likely N-dealkylation sites (tertiary alicyclic amines) is 1. The molecule has 1 aliphatic rings. The lowest BCUT2D eigenvalue weighted by atomic mass is 9.99. The molecule has 2 rings (SSSR count). The van der Waals surface area contributed by atoms with E-state index in [0.717, 1.165) is 19.4 Å². The van der Waals surface area contributed by atoms with Crippen LogP contribution in [0.1, 0.15) is 25.5 Å². The third kappa shape index (κ3) is 3.14. The minimum atomic E-state index is 0.303. The summed E-state index contributed by atoms with van der Waals surface area (Å²) in [5.74, 6) is 0.613. The van der Waals surface area contributed by atoms with Crippen LogP contribution in [0.3, 0.4) is 0 Å². The van der Waals surface area contributed by atoms with Crippen LogP contribution in [0, 0.1) is 0 Å². The van der Waals surface area contributed by atoms with Crippen molar-refractivity contribution < 1.29 is 0 Å². The van der Waals surface area contributed by atoms with Gasteiger partial charge in [0.1, 0.15) is 10.7 Å². The topological polar surface area (TPSA) is 67.1 Å². The number of thiocarbonyl (C=S) groups is 1. The zero-order chi connectivity index (χ0) is 13.1. The molecule has 1 saturated heterocycles. The molecule has 2 heterocycles. The fraction of sp³-hybridized carbons (Fsp3) is 0.583. The Morgan fingerprint density at radius 2 is 2.39 bits per heavy atom. The van der Waals surface area contributed by atoms with Gasteiger partial charge >= 0.3 is 0 Å². The summed E-state index contributed by atoms with van der Waals surface area (Å²) in [7, 11) is 2.16. The number of rotatable bonds is 3. The molecule has 18 heavy (non-hydrogen) atoms. The number of nitrogens with zero attached hydrogens (tertiary/aromatic N) is 3. The Balaban J connectivity index is 2.01. The van der Waals surface area contributed by atoms with E-state index in [1.54, 1.807) is 12.3 Å². The predicted molar refractivity (Wildman–Crippen MR) is 76.7 cm³/mol. The Kier molecular flexibility index (Phi) is 4.08. The smallest absolute Gasteiger partial charge is 0.223 e. The third-order valence-electron chi connectivity index (χ3n) is 3.45. The number of nitrogens with two attached hydrogens (primary N) is 1. The van der Waals surface area contributed by atoms with Crippen LogP contribution in [0.4, 0.5) is 5.95 Å². The molecular weight excluding hydrogens is 246 g/mol. The number of aromatic nitrogens is 2. The second-order valence-electron chi connectivity index (χ2n) is 4.83. The SMILES string of the molecule is CC1CC(Nc2nccc(C(N)=S)n2)CCN1C. The third-order valence-corrected chi connectivity index (χ3v) is 3.66. The van der Waals surface area contributed by atoms with E-state index in [0.29, 0.717) is 28.7 Å². The fourth-order valence-corrected chi connectivity index (χ4v) is 2.28. The lowest BCUT2D eigenvalue weighted by Gasteiger charge is -2.35. The van der Waals surface area contributed by atoms with Crippen LogP contribution in [0.25, 0.3) is 0 Å². The summed E-state index contributed by atoms with van der Waals surface area (Å²) >= 11 is 4.91. The fourth-order valence-electron chi connectivity index (χ4n) is 2.17. The molecular formula is C12H19N5S. The second-order valence-corrected chi connectivity index (χ2v) is 5.26. The molecule has 0 bridgehead atoms. The normalized spacial score (nSPS) is 24.8. The van der Waals surface area contributed by atoms with Crippen molar-refractivity contribution in [1.29, 1.82) is 0 Å². The second kappa shape index (κ2) is 5.58. The van der Waals surface area contributed by atoms with E-state index in [4.69, 9.17) is 18.0 Å². The molecule has 0 radical (unpaired) electrons. The van der Waals surface area contributed by atoms with E-state index >= 15 is 0 Å². The largest absolute Gasteiger partial charge is 0.388 e. The average Bonchev–Trinajstić information content (AvgIpc) is 2.34. The quantitative estimate of drug-likeness (QED) is 0.795. The van der Waals surface area contributed by atoms with Crippen LogP contribution >= 0.6 is 12.2 Å². The first-order chi connectivity index (χ1) is 8.56. The number of anilines is 1. The zero-order valence-electron chi connectivity index (χ0n) is 10.8. The van der Waals surface area contributed by atoms with Crippen LogP contribution < -0.4 is 11.1 Å². The molecule has 0 saturated carbocycles. The van der Waals surface area contributed by atoms with Crippen LogP contribution in [0.2, 0.25) is 0 Å². The van der Waals surface area contributed by atoms with Gasteiger partial charge in [-0.25, -0.2) is 9.97 Å². The van der Waals surface area contributed by atoms with Gasteiger partial charge in [-0.15, -0.1) is 0 Å². The van der Waals surface area contributed by atoms with Crippen molar-refractivity contribution in [2.45, 2.75) is 31.8 Å². The van der Waals surface area contributed by atoms with Crippen molar-refractivity contribution in [3.8, 4) is 0 Å². The Bertz CT molecular complexity index is 436. The Hall–Kier alpha value is -1.27. The summed E-state index contributed by atoms with van der Waals surface area (Å²) in [5.41, 5.74) is 6.18. The van der Waals surface area contributed by atoms with Gasteiger partial charge in [0, 0.05) is 24.8 Å². The summed E-state index contributed by atoms with van der Waals surface area (Å²) in [4.78, 5) is 11.2. The maximum atomic E-state index is 5.56. The summed E-state index contributed by atoms with van der Waals surface area (Å²) in [6.07, 6.45) is 3.88. The van der Waals surface area contributed by atoms with Gasteiger partial charge in [0.05, 0.1) is 0 Å². The van der Waals surface area contributed by atoms with Gasteiger partial charge in [-0.3, -0.25) is 0 Å². The number of nitrogens with one attached hydrogen (secondary N) is 1. The van der Waals surface area contributed by atoms with Crippen molar-refractivity contribution in [2.24, 2.45) is 5.73 Å². The zero-order valence-corrected chi connectivity index (χ0v) is 11.6. The molecule has 0 aromatic carbocycles. The molecule has 5 nitrogen and oxygen atoms in total. The Labute approximate surface area is 113 Å². The van der Waals surface area contributed by atoms with Crippen molar-refractivity contribution in [3.05, 3.63) is 18.0 Å². The molecule has 0 aliphatic carbocycles. The number of piperidine rings is 1. The van der Waals surface area contributed by atoms with Gasteiger partial charge in [-0.05, 0) is 32.9 Å². The van der Waals surface area contributed by atoms with Gasteiger partial charge in [-0.2, -0.15) is 0 Å². The minimum absolute atomic E-state index is 0.303. The first-order valence-corrected chi connectivity index (χ1v) is 6.56.